The summed E-state index contributed by atoms with van der Waals surface area (Å²) in [6.07, 6.45) is 5.72. The van der Waals surface area contributed by atoms with Gasteiger partial charge in [0.15, 0.2) is 0 Å². The first kappa shape index (κ1) is 16.9. The number of amides is 1. The van der Waals surface area contributed by atoms with E-state index in [0.717, 1.165) is 28.8 Å². The van der Waals surface area contributed by atoms with Crippen LogP contribution in [-0.2, 0) is 18.3 Å². The van der Waals surface area contributed by atoms with Crippen molar-refractivity contribution in [2.24, 2.45) is 7.05 Å². The maximum absolute atomic E-state index is 12.9. The average molecular weight is 368 g/mol. The Morgan fingerprint density at radius 2 is 2.27 bits per heavy atom. The summed E-state index contributed by atoms with van der Waals surface area (Å²) in [4.78, 5) is 28.2. The first-order chi connectivity index (χ1) is 12.7. The standard InChI is InChI=1S/C18H20N6OS/c1-23-8-7-21-17(23)15-11-19-6-9-24(15)16(25)10-13-12-26-18(22-13)14-4-2-3-5-20-14/h2-5,7-8,12,15,19H,6,9-11H2,1H3. The summed E-state index contributed by atoms with van der Waals surface area (Å²) >= 11 is 1.52. The molecule has 3 aromatic heterocycles. The Kier molecular flexibility index (Phi) is 4.77. The number of carbonyl (C=O) groups is 1. The molecule has 1 saturated heterocycles. The van der Waals surface area contributed by atoms with E-state index >= 15 is 0 Å². The van der Waals surface area contributed by atoms with Crippen LogP contribution in [0.15, 0.2) is 42.2 Å². The fourth-order valence-corrected chi connectivity index (χ4v) is 3.98. The van der Waals surface area contributed by atoms with Gasteiger partial charge in [0.05, 0.1) is 17.8 Å². The minimum atomic E-state index is -0.0508. The third-order valence-electron chi connectivity index (χ3n) is 4.49. The number of carbonyl (C=O) groups excluding carboxylic acids is 1. The molecule has 4 heterocycles. The maximum Gasteiger partial charge on any atom is 0.229 e. The van der Waals surface area contributed by atoms with Crippen molar-refractivity contribution in [1.29, 1.82) is 0 Å². The lowest BCUT2D eigenvalue weighted by atomic mass is 10.1. The van der Waals surface area contributed by atoms with Crippen molar-refractivity contribution >= 4 is 17.2 Å². The van der Waals surface area contributed by atoms with Crippen LogP contribution in [0.1, 0.15) is 17.6 Å². The Labute approximate surface area is 155 Å². The van der Waals surface area contributed by atoms with Gasteiger partial charge in [0.1, 0.15) is 16.9 Å². The van der Waals surface area contributed by atoms with Gasteiger partial charge >= 0.3 is 0 Å². The molecule has 8 heteroatoms. The highest BCUT2D eigenvalue weighted by atomic mass is 32.1. The largest absolute Gasteiger partial charge is 0.336 e. The van der Waals surface area contributed by atoms with E-state index in [2.05, 4.69) is 20.3 Å². The zero-order valence-electron chi connectivity index (χ0n) is 14.5. The second kappa shape index (κ2) is 7.35. The SMILES string of the molecule is Cn1ccnc1C1CNCCN1C(=O)Cc1csc(-c2ccccn2)n1. The van der Waals surface area contributed by atoms with E-state index < -0.39 is 0 Å². The number of thiazole rings is 1. The summed E-state index contributed by atoms with van der Waals surface area (Å²) in [7, 11) is 1.96. The maximum atomic E-state index is 12.9. The van der Waals surface area contributed by atoms with E-state index in [9.17, 15) is 4.79 Å². The summed E-state index contributed by atoms with van der Waals surface area (Å²) in [6, 6.07) is 5.69. The molecule has 0 aliphatic carbocycles. The molecular formula is C18H20N6OS. The van der Waals surface area contributed by atoms with Gasteiger partial charge in [-0.25, -0.2) is 9.97 Å². The molecule has 0 spiro atoms. The number of hydrogen-bond acceptors (Lipinski definition) is 6. The van der Waals surface area contributed by atoms with Crippen LogP contribution >= 0.6 is 11.3 Å². The number of aromatic nitrogens is 4. The van der Waals surface area contributed by atoms with Crippen molar-refractivity contribution in [2.45, 2.75) is 12.5 Å². The summed E-state index contributed by atoms with van der Waals surface area (Å²) in [5, 5.41) is 6.14. The highest BCUT2D eigenvalue weighted by molar-refractivity contribution is 7.13. The second-order valence-electron chi connectivity index (χ2n) is 6.24. The molecule has 0 aromatic carbocycles. The Balaban J connectivity index is 1.50. The van der Waals surface area contributed by atoms with Crippen LogP contribution in [0.2, 0.25) is 0 Å². The minimum Gasteiger partial charge on any atom is -0.336 e. The van der Waals surface area contributed by atoms with Gasteiger partial charge in [-0.15, -0.1) is 11.3 Å². The summed E-state index contributed by atoms with van der Waals surface area (Å²) in [5.41, 5.74) is 1.63. The number of aryl methyl sites for hydroxylation is 1. The molecule has 0 bridgehead atoms. The van der Waals surface area contributed by atoms with E-state index in [4.69, 9.17) is 0 Å². The quantitative estimate of drug-likeness (QED) is 0.758. The lowest BCUT2D eigenvalue weighted by Gasteiger charge is -2.35. The number of imidazole rings is 1. The van der Waals surface area contributed by atoms with E-state index in [1.165, 1.54) is 11.3 Å². The molecule has 3 aromatic rings. The van der Waals surface area contributed by atoms with Crippen molar-refractivity contribution in [3.63, 3.8) is 0 Å². The van der Waals surface area contributed by atoms with Gasteiger partial charge in [-0.3, -0.25) is 9.78 Å². The monoisotopic (exact) mass is 368 g/mol. The molecule has 1 fully saturated rings. The Morgan fingerprint density at radius 1 is 1.35 bits per heavy atom. The van der Waals surface area contributed by atoms with Crippen LogP contribution in [0.4, 0.5) is 0 Å². The number of hydrogen-bond donors (Lipinski definition) is 1. The van der Waals surface area contributed by atoms with E-state index in [0.29, 0.717) is 19.5 Å². The predicted octanol–water partition coefficient (Wildman–Crippen LogP) is 1.65. The molecule has 1 atom stereocenters. The molecule has 1 amide bonds. The molecule has 134 valence electrons. The van der Waals surface area contributed by atoms with Gasteiger partial charge in [0.25, 0.3) is 0 Å². The second-order valence-corrected chi connectivity index (χ2v) is 7.10. The lowest BCUT2D eigenvalue weighted by molar-refractivity contribution is -0.134. The predicted molar refractivity (Wildman–Crippen MR) is 99.6 cm³/mol. The highest BCUT2D eigenvalue weighted by Gasteiger charge is 2.30. The van der Waals surface area contributed by atoms with Crippen molar-refractivity contribution in [1.82, 2.24) is 29.7 Å². The fourth-order valence-electron chi connectivity index (χ4n) is 3.18. The molecule has 1 aliphatic rings. The van der Waals surface area contributed by atoms with Crippen molar-refractivity contribution in [3.8, 4) is 10.7 Å². The Hall–Kier alpha value is -2.58. The first-order valence-electron chi connectivity index (χ1n) is 8.55. The van der Waals surface area contributed by atoms with Gasteiger partial charge in [-0.1, -0.05) is 6.07 Å². The topological polar surface area (TPSA) is 75.9 Å². The summed E-state index contributed by atoms with van der Waals surface area (Å²) < 4.78 is 1.97. The van der Waals surface area contributed by atoms with Crippen molar-refractivity contribution in [2.75, 3.05) is 19.6 Å². The van der Waals surface area contributed by atoms with Crippen LogP contribution in [0.5, 0.6) is 0 Å². The Morgan fingerprint density at radius 3 is 3.04 bits per heavy atom. The van der Waals surface area contributed by atoms with Gasteiger partial charge in [-0.2, -0.15) is 0 Å². The number of nitrogens with one attached hydrogen (secondary N) is 1. The van der Waals surface area contributed by atoms with Crippen LogP contribution in [-0.4, -0.2) is 50.0 Å². The average Bonchev–Trinajstić information content (AvgIpc) is 3.31. The third-order valence-corrected chi connectivity index (χ3v) is 5.40. The Bertz CT molecular complexity index is 890. The molecule has 0 saturated carbocycles. The number of pyridine rings is 1. The van der Waals surface area contributed by atoms with E-state index in [1.807, 2.05) is 46.3 Å². The molecule has 1 unspecified atom stereocenters. The van der Waals surface area contributed by atoms with Crippen LogP contribution in [0.25, 0.3) is 10.7 Å². The zero-order chi connectivity index (χ0) is 17.9. The smallest absolute Gasteiger partial charge is 0.229 e. The molecule has 7 nitrogen and oxygen atoms in total. The lowest BCUT2D eigenvalue weighted by Crippen LogP contribution is -2.49. The van der Waals surface area contributed by atoms with Crippen LogP contribution in [0.3, 0.4) is 0 Å². The number of piperazine rings is 1. The summed E-state index contributed by atoms with van der Waals surface area (Å²) in [5.74, 6) is 0.982. The normalized spacial score (nSPS) is 17.4. The summed E-state index contributed by atoms with van der Waals surface area (Å²) in [6.45, 7) is 2.18. The highest BCUT2D eigenvalue weighted by Crippen LogP contribution is 2.24. The molecule has 0 radical (unpaired) electrons. The van der Waals surface area contributed by atoms with Gasteiger partial charge < -0.3 is 14.8 Å². The molecular weight excluding hydrogens is 348 g/mol. The zero-order valence-corrected chi connectivity index (χ0v) is 15.3. The van der Waals surface area contributed by atoms with Crippen molar-refractivity contribution in [3.05, 3.63) is 53.7 Å². The molecule has 1 N–H and O–H groups in total. The van der Waals surface area contributed by atoms with E-state index in [1.54, 1.807) is 12.4 Å². The fraction of sp³-hybridized carbons (Fsp3) is 0.333. The molecule has 4 rings (SSSR count). The van der Waals surface area contributed by atoms with Crippen LogP contribution in [0, 0.1) is 0 Å². The number of rotatable bonds is 4. The van der Waals surface area contributed by atoms with Gasteiger partial charge in [-0.05, 0) is 12.1 Å². The number of nitrogens with zero attached hydrogens (tertiary/aromatic N) is 5. The molecule has 1 aliphatic heterocycles. The minimum absolute atomic E-state index is 0.0508. The van der Waals surface area contributed by atoms with Crippen LogP contribution < -0.4 is 5.32 Å². The molecule has 26 heavy (non-hydrogen) atoms. The first-order valence-corrected chi connectivity index (χ1v) is 9.43. The van der Waals surface area contributed by atoms with Gasteiger partial charge in [0.2, 0.25) is 5.91 Å². The van der Waals surface area contributed by atoms with E-state index in [-0.39, 0.29) is 11.9 Å². The third kappa shape index (κ3) is 3.38. The van der Waals surface area contributed by atoms with Crippen molar-refractivity contribution < 1.29 is 4.79 Å². The van der Waals surface area contributed by atoms with Gasteiger partial charge in [0, 0.05) is 50.7 Å².